The van der Waals surface area contributed by atoms with E-state index in [9.17, 15) is 8.78 Å². The zero-order valence-corrected chi connectivity index (χ0v) is 12.6. The standard InChI is InChI=1S/C17H17F2NS/c1-20-15(9-12-8-13(18)6-7-14(12)19)17-10-11-4-2-3-5-16(11)21-17/h2-8,15,17,20H,9-10H2,1H3. The maximum Gasteiger partial charge on any atom is 0.126 e. The largest absolute Gasteiger partial charge is 0.316 e. The number of halogens is 2. The highest BCUT2D eigenvalue weighted by molar-refractivity contribution is 8.00. The third-order valence-electron chi connectivity index (χ3n) is 3.94. The van der Waals surface area contributed by atoms with Crippen molar-refractivity contribution in [3.05, 3.63) is 65.2 Å². The first kappa shape index (κ1) is 14.5. The van der Waals surface area contributed by atoms with Gasteiger partial charge in [0.1, 0.15) is 11.6 Å². The molecule has 1 aliphatic heterocycles. The molecule has 1 nitrogen and oxygen atoms in total. The molecule has 2 aromatic rings. The maximum atomic E-state index is 13.8. The van der Waals surface area contributed by atoms with Gasteiger partial charge >= 0.3 is 0 Å². The Balaban J connectivity index is 1.76. The summed E-state index contributed by atoms with van der Waals surface area (Å²) in [5.41, 5.74) is 1.78. The molecule has 0 saturated heterocycles. The smallest absolute Gasteiger partial charge is 0.126 e. The third kappa shape index (κ3) is 3.11. The summed E-state index contributed by atoms with van der Waals surface area (Å²) < 4.78 is 27.1. The van der Waals surface area contributed by atoms with Crippen LogP contribution < -0.4 is 5.32 Å². The van der Waals surface area contributed by atoms with Crippen LogP contribution in [0.2, 0.25) is 0 Å². The Hall–Kier alpha value is -1.39. The normalized spacial score (nSPS) is 18.5. The van der Waals surface area contributed by atoms with Crippen LogP contribution in [0.25, 0.3) is 0 Å². The van der Waals surface area contributed by atoms with Crippen molar-refractivity contribution in [1.29, 1.82) is 0 Å². The zero-order valence-electron chi connectivity index (χ0n) is 11.8. The van der Waals surface area contributed by atoms with Gasteiger partial charge in [-0.15, -0.1) is 11.8 Å². The van der Waals surface area contributed by atoms with Crippen LogP contribution in [0.15, 0.2) is 47.4 Å². The van der Waals surface area contributed by atoms with E-state index in [-0.39, 0.29) is 17.7 Å². The van der Waals surface area contributed by atoms with Crippen molar-refractivity contribution in [3.8, 4) is 0 Å². The van der Waals surface area contributed by atoms with Crippen molar-refractivity contribution in [2.75, 3.05) is 7.05 Å². The number of fused-ring (bicyclic) bond motifs is 1. The molecule has 110 valence electrons. The lowest BCUT2D eigenvalue weighted by atomic mass is 9.98. The molecule has 0 spiro atoms. The molecule has 1 aliphatic rings. The van der Waals surface area contributed by atoms with E-state index in [0.29, 0.717) is 17.2 Å². The van der Waals surface area contributed by atoms with Crippen molar-refractivity contribution in [2.24, 2.45) is 0 Å². The number of benzene rings is 2. The van der Waals surface area contributed by atoms with Crippen LogP contribution in [-0.4, -0.2) is 18.3 Å². The van der Waals surface area contributed by atoms with Crippen LogP contribution in [0, 0.1) is 11.6 Å². The van der Waals surface area contributed by atoms with Crippen LogP contribution in [0.5, 0.6) is 0 Å². The van der Waals surface area contributed by atoms with Crippen LogP contribution in [0.1, 0.15) is 11.1 Å². The van der Waals surface area contributed by atoms with Crippen molar-refractivity contribution >= 4 is 11.8 Å². The lowest BCUT2D eigenvalue weighted by Crippen LogP contribution is -2.37. The van der Waals surface area contributed by atoms with E-state index >= 15 is 0 Å². The Morgan fingerprint density at radius 3 is 2.81 bits per heavy atom. The van der Waals surface area contributed by atoms with E-state index in [4.69, 9.17) is 0 Å². The predicted octanol–water partition coefficient (Wildman–Crippen LogP) is 3.81. The Morgan fingerprint density at radius 2 is 2.05 bits per heavy atom. The lowest BCUT2D eigenvalue weighted by Gasteiger charge is -2.22. The van der Waals surface area contributed by atoms with E-state index in [1.54, 1.807) is 0 Å². The van der Waals surface area contributed by atoms with Crippen LogP contribution in [0.3, 0.4) is 0 Å². The SMILES string of the molecule is CNC(Cc1cc(F)ccc1F)C1Cc2ccccc2S1. The van der Waals surface area contributed by atoms with Crippen molar-refractivity contribution in [3.63, 3.8) is 0 Å². The van der Waals surface area contributed by atoms with Gasteiger partial charge in [0, 0.05) is 16.2 Å². The van der Waals surface area contributed by atoms with E-state index in [1.807, 2.05) is 30.9 Å². The minimum absolute atomic E-state index is 0.110. The van der Waals surface area contributed by atoms with Gasteiger partial charge in [0.05, 0.1) is 0 Å². The number of rotatable bonds is 4. The highest BCUT2D eigenvalue weighted by Gasteiger charge is 2.29. The number of thioether (sulfide) groups is 1. The fourth-order valence-corrected chi connectivity index (χ4v) is 4.23. The van der Waals surface area contributed by atoms with Crippen LogP contribution in [0.4, 0.5) is 8.78 Å². The van der Waals surface area contributed by atoms with Gasteiger partial charge in [-0.05, 0) is 55.3 Å². The first-order valence-electron chi connectivity index (χ1n) is 7.03. The number of nitrogens with one attached hydrogen (secondary N) is 1. The molecule has 3 rings (SSSR count). The molecule has 0 bridgehead atoms. The number of hydrogen-bond acceptors (Lipinski definition) is 2. The van der Waals surface area contributed by atoms with E-state index in [1.165, 1.54) is 22.6 Å². The van der Waals surface area contributed by atoms with Crippen molar-refractivity contribution in [1.82, 2.24) is 5.32 Å². The molecule has 21 heavy (non-hydrogen) atoms. The molecule has 1 heterocycles. The molecule has 0 aromatic heterocycles. The molecule has 0 fully saturated rings. The topological polar surface area (TPSA) is 12.0 Å². The highest BCUT2D eigenvalue weighted by atomic mass is 32.2. The fourth-order valence-electron chi connectivity index (χ4n) is 2.79. The van der Waals surface area contributed by atoms with Crippen molar-refractivity contribution in [2.45, 2.75) is 29.0 Å². The molecular weight excluding hydrogens is 288 g/mol. The van der Waals surface area contributed by atoms with Crippen LogP contribution in [-0.2, 0) is 12.8 Å². The second kappa shape index (κ2) is 6.16. The van der Waals surface area contributed by atoms with Gasteiger partial charge in [-0.3, -0.25) is 0 Å². The van der Waals surface area contributed by atoms with Crippen molar-refractivity contribution < 1.29 is 8.78 Å². The summed E-state index contributed by atoms with van der Waals surface area (Å²) >= 11 is 1.82. The van der Waals surface area contributed by atoms with Crippen LogP contribution >= 0.6 is 11.8 Å². The monoisotopic (exact) mass is 305 g/mol. The summed E-state index contributed by atoms with van der Waals surface area (Å²) in [5, 5.41) is 3.61. The highest BCUT2D eigenvalue weighted by Crippen LogP contribution is 2.39. The van der Waals surface area contributed by atoms with Gasteiger partial charge in [-0.25, -0.2) is 8.78 Å². The molecule has 1 N–H and O–H groups in total. The van der Waals surface area contributed by atoms with Gasteiger partial charge in [0.15, 0.2) is 0 Å². The first-order chi connectivity index (χ1) is 10.2. The average Bonchev–Trinajstić information content (AvgIpc) is 2.91. The molecule has 2 unspecified atom stereocenters. The number of hydrogen-bond donors (Lipinski definition) is 1. The minimum Gasteiger partial charge on any atom is -0.316 e. The van der Waals surface area contributed by atoms with Gasteiger partial charge < -0.3 is 5.32 Å². The minimum atomic E-state index is -0.386. The summed E-state index contributed by atoms with van der Waals surface area (Å²) in [7, 11) is 1.88. The maximum absolute atomic E-state index is 13.8. The first-order valence-corrected chi connectivity index (χ1v) is 7.91. The second-order valence-electron chi connectivity index (χ2n) is 5.30. The summed E-state index contributed by atoms with van der Waals surface area (Å²) in [6.07, 6.45) is 1.45. The second-order valence-corrected chi connectivity index (χ2v) is 6.58. The molecule has 0 saturated carbocycles. The third-order valence-corrected chi connectivity index (χ3v) is 5.39. The van der Waals surface area contributed by atoms with Gasteiger partial charge in [0.25, 0.3) is 0 Å². The Labute approximate surface area is 127 Å². The summed E-state index contributed by atoms with van der Waals surface area (Å²) in [6.45, 7) is 0. The molecule has 2 atom stereocenters. The van der Waals surface area contributed by atoms with E-state index in [2.05, 4.69) is 17.4 Å². The Morgan fingerprint density at radius 1 is 1.24 bits per heavy atom. The average molecular weight is 305 g/mol. The molecule has 4 heteroatoms. The number of likely N-dealkylation sites (N-methyl/N-ethyl adjacent to an activating group) is 1. The Kier molecular flexibility index (Phi) is 4.27. The molecule has 0 radical (unpaired) electrons. The van der Waals surface area contributed by atoms with E-state index < -0.39 is 0 Å². The summed E-state index contributed by atoms with van der Waals surface area (Å²) in [6, 6.07) is 12.1. The quantitative estimate of drug-likeness (QED) is 0.922. The summed E-state index contributed by atoms with van der Waals surface area (Å²) in [5.74, 6) is -0.722. The van der Waals surface area contributed by atoms with Gasteiger partial charge in [-0.1, -0.05) is 18.2 Å². The summed E-state index contributed by atoms with van der Waals surface area (Å²) in [4.78, 5) is 1.29. The zero-order chi connectivity index (χ0) is 14.8. The Bertz CT molecular complexity index is 619. The fraction of sp³-hybridized carbons (Fsp3) is 0.294. The molecule has 0 aliphatic carbocycles. The predicted molar refractivity (Wildman–Crippen MR) is 82.7 cm³/mol. The van der Waals surface area contributed by atoms with Gasteiger partial charge in [0.2, 0.25) is 0 Å². The van der Waals surface area contributed by atoms with Gasteiger partial charge in [-0.2, -0.15) is 0 Å². The molecule has 2 aromatic carbocycles. The molecule has 0 amide bonds. The van der Waals surface area contributed by atoms with E-state index in [0.717, 1.165) is 12.5 Å². The lowest BCUT2D eigenvalue weighted by molar-refractivity contribution is 0.513. The molecular formula is C17H17F2NS.